The third-order valence-corrected chi connectivity index (χ3v) is 17.3. The molecule has 0 fully saturated rings. The lowest BCUT2D eigenvalue weighted by atomic mass is 10.1. The van der Waals surface area contributed by atoms with Crippen molar-refractivity contribution < 1.29 is 80.2 Å². The minimum absolute atomic E-state index is 0.0765. The van der Waals surface area contributed by atoms with Gasteiger partial charge in [-0.3, -0.25) is 37.3 Å². The third-order valence-electron chi connectivity index (χ3n) is 15.4. The second-order valence-corrected chi connectivity index (χ2v) is 27.7. The Balaban J connectivity index is 5.38. The third kappa shape index (κ3) is 69.9. The summed E-state index contributed by atoms with van der Waals surface area (Å²) in [5.74, 6) is -2.27. The van der Waals surface area contributed by atoms with Crippen molar-refractivity contribution in [3.05, 3.63) is 122 Å². The molecule has 0 aliphatic heterocycles. The summed E-state index contributed by atoms with van der Waals surface area (Å²) in [6.07, 6.45) is 76.3. The van der Waals surface area contributed by atoms with Crippen molar-refractivity contribution in [3.63, 3.8) is 0 Å². The molecule has 0 aliphatic rings. The molecule has 3 N–H and O–H groups in total. The van der Waals surface area contributed by atoms with Crippen molar-refractivity contribution in [2.24, 2.45) is 0 Å². The first-order chi connectivity index (χ1) is 47.7. The van der Waals surface area contributed by atoms with Crippen LogP contribution in [0.4, 0.5) is 0 Å². The lowest BCUT2D eigenvalue weighted by molar-refractivity contribution is -0.161. The topological polar surface area (TPSA) is 237 Å². The largest absolute Gasteiger partial charge is 0.472 e. The van der Waals surface area contributed by atoms with Gasteiger partial charge in [0.25, 0.3) is 0 Å². The van der Waals surface area contributed by atoms with E-state index in [1.807, 2.05) is 12.2 Å². The SMILES string of the molecule is CC/C=C\C/C=C\C/C=C\C/C=C\C/C=C\CCCC(=O)OCC(COP(=O)(O)OCC(O)COP(=O)(O)OCC(COC(=O)CCCCCC/C=C\C/C=C\C/C=C\C/C=C\CC)OC(=O)CCCCCCC/C=C\CCCCCC)OC(=O)CCCCCCCCCCCCC. The van der Waals surface area contributed by atoms with Gasteiger partial charge >= 0.3 is 39.5 Å². The molecule has 0 bridgehead atoms. The molecular formula is C79H134O17P2. The maximum Gasteiger partial charge on any atom is 0.472 e. The van der Waals surface area contributed by atoms with Crippen LogP contribution in [-0.4, -0.2) is 96.7 Å². The number of carbonyl (C=O) groups excluding carboxylic acids is 4. The van der Waals surface area contributed by atoms with Gasteiger partial charge in [0, 0.05) is 25.7 Å². The van der Waals surface area contributed by atoms with Crippen LogP contribution in [0.2, 0.25) is 0 Å². The first-order valence-corrected chi connectivity index (χ1v) is 40.8. The van der Waals surface area contributed by atoms with E-state index in [4.69, 9.17) is 37.0 Å². The summed E-state index contributed by atoms with van der Waals surface area (Å²) in [4.78, 5) is 72.8. The number of ether oxygens (including phenoxy) is 4. The lowest BCUT2D eigenvalue weighted by Gasteiger charge is -2.21. The second-order valence-electron chi connectivity index (χ2n) is 24.8. The minimum atomic E-state index is -4.98. The molecule has 0 heterocycles. The number of allylic oxidation sites excluding steroid dienone is 20. The molecule has 0 rings (SSSR count). The monoisotopic (exact) mass is 1420 g/mol. The Kier molecular flexibility index (Phi) is 67.6. The number of hydrogen-bond donors (Lipinski definition) is 3. The highest BCUT2D eigenvalue weighted by Gasteiger charge is 2.30. The molecule has 0 aromatic carbocycles. The van der Waals surface area contributed by atoms with Crippen molar-refractivity contribution >= 4 is 39.5 Å². The molecule has 0 saturated carbocycles. The van der Waals surface area contributed by atoms with E-state index in [2.05, 4.69) is 137 Å². The number of phosphoric ester groups is 2. The summed E-state index contributed by atoms with van der Waals surface area (Å²) in [6, 6.07) is 0. The summed E-state index contributed by atoms with van der Waals surface area (Å²) in [5.41, 5.74) is 0. The zero-order chi connectivity index (χ0) is 71.8. The van der Waals surface area contributed by atoms with Crippen LogP contribution in [0.5, 0.6) is 0 Å². The number of aliphatic hydroxyl groups excluding tert-OH is 1. The van der Waals surface area contributed by atoms with E-state index in [0.29, 0.717) is 32.1 Å². The lowest BCUT2D eigenvalue weighted by Crippen LogP contribution is -2.30. The van der Waals surface area contributed by atoms with Crippen molar-refractivity contribution in [3.8, 4) is 0 Å². The highest BCUT2D eigenvalue weighted by atomic mass is 31.2. The van der Waals surface area contributed by atoms with Crippen LogP contribution in [-0.2, 0) is 65.4 Å². The van der Waals surface area contributed by atoms with Gasteiger partial charge in [-0.2, -0.15) is 0 Å². The van der Waals surface area contributed by atoms with Crippen LogP contribution in [0.3, 0.4) is 0 Å². The van der Waals surface area contributed by atoms with E-state index in [1.165, 1.54) is 64.2 Å². The smallest absolute Gasteiger partial charge is 0.462 e. The van der Waals surface area contributed by atoms with Crippen LogP contribution in [0.1, 0.15) is 297 Å². The summed E-state index contributed by atoms with van der Waals surface area (Å²) < 4.78 is 68.3. The Hall–Kier alpha value is -4.54. The van der Waals surface area contributed by atoms with Crippen molar-refractivity contribution in [1.29, 1.82) is 0 Å². The van der Waals surface area contributed by atoms with E-state index in [-0.39, 0.29) is 25.7 Å². The van der Waals surface area contributed by atoms with E-state index in [9.17, 15) is 43.2 Å². The number of aliphatic hydroxyl groups is 1. The quantitative estimate of drug-likeness (QED) is 0.0169. The van der Waals surface area contributed by atoms with Crippen LogP contribution in [0, 0.1) is 0 Å². The predicted molar refractivity (Wildman–Crippen MR) is 399 cm³/mol. The zero-order valence-corrected chi connectivity index (χ0v) is 63.0. The molecule has 5 unspecified atom stereocenters. The van der Waals surface area contributed by atoms with Crippen molar-refractivity contribution in [1.82, 2.24) is 0 Å². The Morgan fingerprint density at radius 1 is 0.296 bits per heavy atom. The fraction of sp³-hybridized carbons (Fsp3) is 0.696. The van der Waals surface area contributed by atoms with E-state index in [0.717, 1.165) is 148 Å². The Morgan fingerprint density at radius 2 is 0.541 bits per heavy atom. The number of hydrogen-bond acceptors (Lipinski definition) is 15. The molecule has 0 saturated heterocycles. The molecule has 17 nitrogen and oxygen atoms in total. The molecular weight excluding hydrogens is 1280 g/mol. The normalized spacial score (nSPS) is 14.6. The van der Waals surface area contributed by atoms with Crippen molar-refractivity contribution in [2.75, 3.05) is 39.6 Å². The van der Waals surface area contributed by atoms with Gasteiger partial charge in [0.1, 0.15) is 19.3 Å². The number of unbranched alkanes of at least 4 members (excludes halogenated alkanes) is 24. The summed E-state index contributed by atoms with van der Waals surface area (Å²) in [5, 5.41) is 10.6. The number of rotatable bonds is 70. The summed E-state index contributed by atoms with van der Waals surface area (Å²) in [7, 11) is -9.97. The fourth-order valence-electron chi connectivity index (χ4n) is 9.71. The Bertz CT molecular complexity index is 2340. The molecule has 0 radical (unpaired) electrons. The molecule has 562 valence electrons. The Labute approximate surface area is 593 Å². The molecule has 19 heteroatoms. The highest BCUT2D eigenvalue weighted by Crippen LogP contribution is 2.45. The van der Waals surface area contributed by atoms with Crippen LogP contribution in [0.15, 0.2) is 122 Å². The number of phosphoric acid groups is 2. The highest BCUT2D eigenvalue weighted by molar-refractivity contribution is 7.47. The van der Waals surface area contributed by atoms with E-state index in [1.54, 1.807) is 0 Å². The molecule has 0 spiro atoms. The minimum Gasteiger partial charge on any atom is -0.462 e. The van der Waals surface area contributed by atoms with E-state index >= 15 is 0 Å². The average Bonchev–Trinajstić information content (AvgIpc) is 0.985. The average molecular weight is 1420 g/mol. The van der Waals surface area contributed by atoms with Crippen molar-refractivity contribution in [2.45, 2.75) is 316 Å². The first-order valence-electron chi connectivity index (χ1n) is 37.8. The van der Waals surface area contributed by atoms with Crippen LogP contribution >= 0.6 is 15.6 Å². The number of esters is 4. The molecule has 0 amide bonds. The van der Waals surface area contributed by atoms with Gasteiger partial charge in [-0.1, -0.05) is 265 Å². The van der Waals surface area contributed by atoms with Crippen LogP contribution in [0.25, 0.3) is 0 Å². The molecule has 0 aliphatic carbocycles. The molecule has 98 heavy (non-hydrogen) atoms. The van der Waals surface area contributed by atoms with E-state index < -0.39 is 97.5 Å². The summed E-state index contributed by atoms with van der Waals surface area (Å²) in [6.45, 7) is 4.52. The Morgan fingerprint density at radius 3 is 0.878 bits per heavy atom. The molecule has 5 atom stereocenters. The maximum atomic E-state index is 13.1. The van der Waals surface area contributed by atoms with Crippen LogP contribution < -0.4 is 0 Å². The van der Waals surface area contributed by atoms with Gasteiger partial charge in [-0.05, 0) is 128 Å². The summed E-state index contributed by atoms with van der Waals surface area (Å²) >= 11 is 0. The number of carbonyl (C=O) groups is 4. The van der Waals surface area contributed by atoms with Gasteiger partial charge in [0.2, 0.25) is 0 Å². The fourth-order valence-corrected chi connectivity index (χ4v) is 11.3. The molecule has 0 aromatic rings. The van der Waals surface area contributed by atoms with Gasteiger partial charge in [0.15, 0.2) is 12.2 Å². The maximum absolute atomic E-state index is 13.1. The standard InChI is InChI=1S/C79H134O17P2/c1-5-9-13-17-21-25-29-32-34-36-38-41-44-47-51-55-59-63-76(81)89-69-74(95-78(83)65-61-57-53-49-43-28-24-20-16-12-8-4)71-93-97(85,86)91-67-73(80)68-92-98(87,88)94-72-75(96-79(84)66-62-58-54-50-46-40-31-27-23-19-15-11-7-3)70-90-77(82)64-60-56-52-48-45-42-39-37-35-33-30-26-22-18-14-10-6-2/h9-10,13-14,21-22,25-27,31-35,38-39,41-42,47,51,73-75,80H,5-8,11-12,15-20,23-24,28-30,36-37,40,43-46,48-50,52-72H2,1-4H3,(H,85,86)(H,87,88)/b13-9-,14-10-,25-21-,26-22-,31-27-,34-32-,35-33-,41-38-,42-39-,51-47-. The van der Waals surface area contributed by atoms with Gasteiger partial charge in [-0.25, -0.2) is 9.13 Å². The van der Waals surface area contributed by atoms with Gasteiger partial charge in [0.05, 0.1) is 26.4 Å². The second kappa shape index (κ2) is 70.9. The van der Waals surface area contributed by atoms with Gasteiger partial charge in [-0.15, -0.1) is 0 Å². The zero-order valence-electron chi connectivity index (χ0n) is 61.2. The van der Waals surface area contributed by atoms with Gasteiger partial charge < -0.3 is 33.8 Å². The molecule has 0 aromatic heterocycles. The first kappa shape index (κ1) is 93.5. The predicted octanol–water partition coefficient (Wildman–Crippen LogP) is 21.6.